The third kappa shape index (κ3) is 3.84. The van der Waals surface area contributed by atoms with Gasteiger partial charge in [-0.25, -0.2) is 14.8 Å². The number of nitrogen functional groups attached to an aromatic ring is 1. The van der Waals surface area contributed by atoms with Crippen molar-refractivity contribution in [3.05, 3.63) is 24.4 Å². The molecule has 0 radical (unpaired) electrons. The molecule has 0 unspecified atom stereocenters. The number of hydrogen-bond acceptors (Lipinski definition) is 6. The van der Waals surface area contributed by atoms with Crippen LogP contribution in [0.4, 0.5) is 10.5 Å². The topological polar surface area (TPSA) is 90.6 Å². The van der Waals surface area contributed by atoms with E-state index in [0.717, 1.165) is 17.5 Å². The van der Waals surface area contributed by atoms with E-state index in [1.165, 1.54) is 0 Å². The number of nitrogens with zero attached hydrogens (tertiary/aromatic N) is 3. The summed E-state index contributed by atoms with van der Waals surface area (Å²) in [5, 5.41) is 0. The Morgan fingerprint density at radius 2 is 2.12 bits per heavy atom. The lowest BCUT2D eigenvalue weighted by atomic mass is 10.2. The van der Waals surface area contributed by atoms with Gasteiger partial charge in [0.2, 0.25) is 5.88 Å². The van der Waals surface area contributed by atoms with Gasteiger partial charge in [-0.3, -0.25) is 0 Å². The number of carbonyl (C=O) groups is 1. The number of anilines is 1. The number of amides is 1. The number of carbonyl (C=O) groups excluding carboxylic acids is 1. The van der Waals surface area contributed by atoms with Gasteiger partial charge in [-0.15, -0.1) is 0 Å². The number of fused-ring (bicyclic) bond motifs is 1. The van der Waals surface area contributed by atoms with E-state index in [4.69, 9.17) is 15.2 Å². The predicted octanol–water partition coefficient (Wildman–Crippen LogP) is 2.60. The number of benzene rings is 1. The maximum absolute atomic E-state index is 12.1. The van der Waals surface area contributed by atoms with E-state index < -0.39 is 5.60 Å². The van der Waals surface area contributed by atoms with E-state index in [-0.39, 0.29) is 12.2 Å². The molecule has 128 valence electrons. The van der Waals surface area contributed by atoms with Crippen LogP contribution in [0.1, 0.15) is 27.2 Å². The zero-order valence-corrected chi connectivity index (χ0v) is 14.2. The van der Waals surface area contributed by atoms with Crippen LogP contribution in [0.15, 0.2) is 24.4 Å². The monoisotopic (exact) mass is 330 g/mol. The second kappa shape index (κ2) is 6.14. The number of ether oxygens (including phenoxy) is 2. The molecule has 1 aromatic carbocycles. The van der Waals surface area contributed by atoms with Crippen LogP contribution in [-0.4, -0.2) is 45.8 Å². The fourth-order valence-electron chi connectivity index (χ4n) is 2.56. The molecule has 2 heterocycles. The van der Waals surface area contributed by atoms with E-state index in [2.05, 4.69) is 9.97 Å². The third-order valence-corrected chi connectivity index (χ3v) is 3.63. The van der Waals surface area contributed by atoms with Crippen LogP contribution in [0.25, 0.3) is 11.0 Å². The van der Waals surface area contributed by atoms with Gasteiger partial charge >= 0.3 is 6.09 Å². The van der Waals surface area contributed by atoms with Crippen LogP contribution in [0.2, 0.25) is 0 Å². The van der Waals surface area contributed by atoms with Crippen molar-refractivity contribution in [2.45, 2.75) is 38.9 Å². The molecular formula is C17H22N4O3. The molecule has 0 saturated carbocycles. The average Bonchev–Trinajstić information content (AvgIpc) is 2.94. The summed E-state index contributed by atoms with van der Waals surface area (Å²) in [6.07, 6.45) is 1.89. The molecule has 24 heavy (non-hydrogen) atoms. The van der Waals surface area contributed by atoms with Gasteiger partial charge in [-0.2, -0.15) is 0 Å². The summed E-state index contributed by atoms with van der Waals surface area (Å²) < 4.78 is 11.3. The van der Waals surface area contributed by atoms with Crippen LogP contribution in [0.3, 0.4) is 0 Å². The average molecular weight is 330 g/mol. The Labute approximate surface area is 140 Å². The molecule has 1 aliphatic heterocycles. The van der Waals surface area contributed by atoms with Crippen LogP contribution < -0.4 is 10.5 Å². The van der Waals surface area contributed by atoms with Gasteiger partial charge in [0.15, 0.2) is 0 Å². The second-order valence-electron chi connectivity index (χ2n) is 6.91. The standard InChI is InChI=1S/C17H22N4O3/c1-17(2,3)24-16(22)21-7-6-12(10-21)23-15-9-19-14-8-11(18)4-5-13(14)20-15/h4-5,8-9,12H,6-7,10,18H2,1-3H3/t12-/m1/s1. The lowest BCUT2D eigenvalue weighted by Crippen LogP contribution is -2.36. The Kier molecular flexibility index (Phi) is 4.17. The molecule has 0 bridgehead atoms. The van der Waals surface area contributed by atoms with Gasteiger partial charge in [0.25, 0.3) is 0 Å². The van der Waals surface area contributed by atoms with E-state index >= 15 is 0 Å². The molecule has 1 aliphatic rings. The van der Waals surface area contributed by atoms with Crippen molar-refractivity contribution in [2.75, 3.05) is 18.8 Å². The zero-order chi connectivity index (χ0) is 17.3. The maximum atomic E-state index is 12.1. The molecule has 1 atom stereocenters. The summed E-state index contributed by atoms with van der Waals surface area (Å²) in [7, 11) is 0. The number of rotatable bonds is 2. The molecule has 2 N–H and O–H groups in total. The van der Waals surface area contributed by atoms with Gasteiger partial charge in [0, 0.05) is 18.7 Å². The zero-order valence-electron chi connectivity index (χ0n) is 14.2. The quantitative estimate of drug-likeness (QED) is 0.851. The highest BCUT2D eigenvalue weighted by Crippen LogP contribution is 2.21. The van der Waals surface area contributed by atoms with Crippen molar-refractivity contribution >= 4 is 22.8 Å². The summed E-state index contributed by atoms with van der Waals surface area (Å²) in [6.45, 7) is 6.65. The molecule has 1 amide bonds. The second-order valence-corrected chi connectivity index (χ2v) is 6.91. The third-order valence-electron chi connectivity index (χ3n) is 3.63. The normalized spacial score (nSPS) is 18.0. The maximum Gasteiger partial charge on any atom is 0.410 e. The molecule has 7 heteroatoms. The SMILES string of the molecule is CC(C)(C)OC(=O)N1CC[C@@H](Oc2cnc3cc(N)ccc3n2)C1. The first kappa shape index (κ1) is 16.3. The van der Waals surface area contributed by atoms with Gasteiger partial charge < -0.3 is 20.1 Å². The van der Waals surface area contributed by atoms with Crippen LogP contribution in [0, 0.1) is 0 Å². The first-order valence-corrected chi connectivity index (χ1v) is 7.97. The minimum absolute atomic E-state index is 0.113. The molecular weight excluding hydrogens is 308 g/mol. The van der Waals surface area contributed by atoms with Crippen molar-refractivity contribution in [2.24, 2.45) is 0 Å². The fraction of sp³-hybridized carbons (Fsp3) is 0.471. The Bertz CT molecular complexity index is 757. The van der Waals surface area contributed by atoms with Gasteiger partial charge in [0.05, 0.1) is 23.8 Å². The molecule has 0 spiro atoms. The molecule has 1 saturated heterocycles. The lowest BCUT2D eigenvalue weighted by molar-refractivity contribution is 0.0275. The highest BCUT2D eigenvalue weighted by atomic mass is 16.6. The molecule has 1 aromatic heterocycles. The number of aromatic nitrogens is 2. The predicted molar refractivity (Wildman–Crippen MR) is 90.8 cm³/mol. The molecule has 3 rings (SSSR count). The Balaban J connectivity index is 1.63. The van der Waals surface area contributed by atoms with E-state index in [9.17, 15) is 4.79 Å². The number of hydrogen-bond donors (Lipinski definition) is 1. The Morgan fingerprint density at radius 1 is 1.33 bits per heavy atom. The molecule has 1 fully saturated rings. The smallest absolute Gasteiger partial charge is 0.410 e. The van der Waals surface area contributed by atoms with E-state index in [0.29, 0.717) is 24.7 Å². The summed E-state index contributed by atoms with van der Waals surface area (Å²) in [6, 6.07) is 5.36. The number of likely N-dealkylation sites (tertiary alicyclic amines) is 1. The molecule has 7 nitrogen and oxygen atoms in total. The highest BCUT2D eigenvalue weighted by Gasteiger charge is 2.31. The first-order valence-electron chi connectivity index (χ1n) is 7.97. The summed E-state index contributed by atoms with van der Waals surface area (Å²) >= 11 is 0. The molecule has 0 aliphatic carbocycles. The molecule has 2 aromatic rings. The van der Waals surface area contributed by atoms with Gasteiger partial charge in [0.1, 0.15) is 11.7 Å². The van der Waals surface area contributed by atoms with Gasteiger partial charge in [-0.05, 0) is 39.0 Å². The highest BCUT2D eigenvalue weighted by molar-refractivity contribution is 5.78. The largest absolute Gasteiger partial charge is 0.471 e. The van der Waals surface area contributed by atoms with Crippen LogP contribution in [0.5, 0.6) is 5.88 Å². The van der Waals surface area contributed by atoms with Crippen molar-refractivity contribution in [3.63, 3.8) is 0 Å². The van der Waals surface area contributed by atoms with Crippen molar-refractivity contribution < 1.29 is 14.3 Å². The first-order chi connectivity index (χ1) is 11.3. The van der Waals surface area contributed by atoms with Crippen LogP contribution in [-0.2, 0) is 4.74 Å². The lowest BCUT2D eigenvalue weighted by Gasteiger charge is -2.24. The summed E-state index contributed by atoms with van der Waals surface area (Å²) in [5.41, 5.74) is 7.33. The minimum atomic E-state index is -0.498. The summed E-state index contributed by atoms with van der Waals surface area (Å²) in [5.74, 6) is 0.448. The van der Waals surface area contributed by atoms with Crippen molar-refractivity contribution in [1.82, 2.24) is 14.9 Å². The minimum Gasteiger partial charge on any atom is -0.471 e. The van der Waals surface area contributed by atoms with Crippen molar-refractivity contribution in [3.8, 4) is 5.88 Å². The van der Waals surface area contributed by atoms with Crippen LogP contribution >= 0.6 is 0 Å². The Hall–Kier alpha value is -2.57. The number of nitrogens with two attached hydrogens (primary N) is 1. The fourth-order valence-corrected chi connectivity index (χ4v) is 2.56. The van der Waals surface area contributed by atoms with Gasteiger partial charge in [-0.1, -0.05) is 0 Å². The van der Waals surface area contributed by atoms with E-state index in [1.54, 1.807) is 23.2 Å². The summed E-state index contributed by atoms with van der Waals surface area (Å²) in [4.78, 5) is 22.5. The van der Waals surface area contributed by atoms with Crippen molar-refractivity contribution in [1.29, 1.82) is 0 Å². The van der Waals surface area contributed by atoms with E-state index in [1.807, 2.05) is 26.8 Å². The Morgan fingerprint density at radius 3 is 2.88 bits per heavy atom.